The highest BCUT2D eigenvalue weighted by Crippen LogP contribution is 2.24. The average Bonchev–Trinajstić information content (AvgIpc) is 3.32. The van der Waals surface area contributed by atoms with Gasteiger partial charge in [-0.2, -0.15) is 0 Å². The van der Waals surface area contributed by atoms with E-state index in [4.69, 9.17) is 4.74 Å². The van der Waals surface area contributed by atoms with Crippen molar-refractivity contribution in [3.05, 3.63) is 46.2 Å². The first-order valence-corrected chi connectivity index (χ1v) is 11.8. The molecular weight excluding hydrogens is 448 g/mol. The topological polar surface area (TPSA) is 102 Å². The normalized spacial score (nSPS) is 10.8. The third-order valence-corrected chi connectivity index (χ3v) is 6.47. The van der Waals surface area contributed by atoms with Gasteiger partial charge >= 0.3 is 0 Å². The summed E-state index contributed by atoms with van der Waals surface area (Å²) in [5, 5.41) is 12.2. The Kier molecular flexibility index (Phi) is 7.86. The number of aromatic nitrogens is 4. The Balaban J connectivity index is 1.58. The molecule has 0 fully saturated rings. The summed E-state index contributed by atoms with van der Waals surface area (Å²) in [6.07, 6.45) is 0. The summed E-state index contributed by atoms with van der Waals surface area (Å²) in [7, 11) is 3.36. The summed E-state index contributed by atoms with van der Waals surface area (Å²) < 4.78 is 7.76. The Hall–Kier alpha value is -2.92. The van der Waals surface area contributed by atoms with Crippen LogP contribution >= 0.6 is 23.1 Å². The fraction of sp³-hybridized carbons (Fsp3) is 0.381. The molecule has 0 atom stereocenters. The van der Waals surface area contributed by atoms with E-state index in [0.29, 0.717) is 33.2 Å². The molecule has 3 aromatic rings. The third kappa shape index (κ3) is 5.86. The molecule has 0 radical (unpaired) electrons. The minimum Gasteiger partial charge on any atom is -0.486 e. The van der Waals surface area contributed by atoms with Crippen LogP contribution in [0.25, 0.3) is 0 Å². The van der Waals surface area contributed by atoms with Crippen LogP contribution in [0.2, 0.25) is 0 Å². The van der Waals surface area contributed by atoms with E-state index in [2.05, 4.69) is 20.5 Å². The lowest BCUT2D eigenvalue weighted by atomic mass is 10.2. The average molecular weight is 475 g/mol. The van der Waals surface area contributed by atoms with Crippen LogP contribution < -0.4 is 10.1 Å². The van der Waals surface area contributed by atoms with E-state index >= 15 is 0 Å². The van der Waals surface area contributed by atoms with Crippen molar-refractivity contribution in [3.63, 3.8) is 0 Å². The summed E-state index contributed by atoms with van der Waals surface area (Å²) in [5.41, 5.74) is 1.72. The van der Waals surface area contributed by atoms with Crippen molar-refractivity contribution in [1.82, 2.24) is 24.6 Å². The van der Waals surface area contributed by atoms with Gasteiger partial charge in [-0.3, -0.25) is 9.59 Å². The maximum absolute atomic E-state index is 12.4. The minimum absolute atomic E-state index is 0.133. The molecule has 32 heavy (non-hydrogen) atoms. The number of thiazole rings is 1. The fourth-order valence-electron chi connectivity index (χ4n) is 2.84. The van der Waals surface area contributed by atoms with E-state index in [0.717, 1.165) is 11.3 Å². The number of ether oxygens (including phenoxy) is 1. The summed E-state index contributed by atoms with van der Waals surface area (Å²) in [6.45, 7) is 6.70. The number of anilines is 1. The zero-order valence-electron chi connectivity index (χ0n) is 18.7. The first-order valence-electron chi connectivity index (χ1n) is 10.0. The number of nitrogens with zero attached hydrogens (tertiary/aromatic N) is 5. The molecule has 2 aromatic heterocycles. The van der Waals surface area contributed by atoms with E-state index in [1.165, 1.54) is 28.0 Å². The summed E-state index contributed by atoms with van der Waals surface area (Å²) in [6, 6.07) is 7.82. The predicted octanol–water partition coefficient (Wildman–Crippen LogP) is 3.38. The molecule has 0 bridgehead atoms. The number of benzene rings is 1. The fourth-order valence-corrected chi connectivity index (χ4v) is 4.67. The smallest absolute Gasteiger partial charge is 0.265 e. The first kappa shape index (κ1) is 23.7. The first-order chi connectivity index (χ1) is 15.3. The Morgan fingerprint density at radius 3 is 2.72 bits per heavy atom. The van der Waals surface area contributed by atoms with Crippen molar-refractivity contribution in [1.29, 1.82) is 0 Å². The molecule has 0 aliphatic heterocycles. The second kappa shape index (κ2) is 10.6. The summed E-state index contributed by atoms with van der Waals surface area (Å²) >= 11 is 2.46. The van der Waals surface area contributed by atoms with E-state index in [1.807, 2.05) is 42.7 Å². The van der Waals surface area contributed by atoms with Crippen LogP contribution in [0.4, 0.5) is 5.13 Å². The number of nitrogens with one attached hydrogen (secondary N) is 1. The molecule has 1 N–H and O–H groups in total. The Morgan fingerprint density at radius 2 is 2.03 bits per heavy atom. The largest absolute Gasteiger partial charge is 0.486 e. The van der Waals surface area contributed by atoms with Crippen LogP contribution in [0.3, 0.4) is 0 Å². The van der Waals surface area contributed by atoms with Crippen molar-refractivity contribution >= 4 is 40.0 Å². The van der Waals surface area contributed by atoms with Crippen LogP contribution in [-0.2, 0) is 17.9 Å². The molecule has 0 spiro atoms. The minimum atomic E-state index is -0.226. The standard InChI is InChI=1S/C21H26N6O3S2/c1-6-27-16(11-30-15-9-7-8-13(2)10-15)24-25-21(27)31-12-17(28)23-20-22-14(3)18(32-20)19(29)26(4)5/h7-10H,6,11-12H2,1-5H3,(H,22,23,28). The van der Waals surface area contributed by atoms with Crippen LogP contribution in [0.15, 0.2) is 29.4 Å². The van der Waals surface area contributed by atoms with Gasteiger partial charge in [-0.15, -0.1) is 10.2 Å². The van der Waals surface area contributed by atoms with Crippen LogP contribution in [-0.4, -0.2) is 56.3 Å². The van der Waals surface area contributed by atoms with Gasteiger partial charge in [0.1, 0.15) is 17.2 Å². The molecule has 9 nitrogen and oxygen atoms in total. The van der Waals surface area contributed by atoms with Gasteiger partial charge in [0.2, 0.25) is 5.91 Å². The highest BCUT2D eigenvalue weighted by molar-refractivity contribution is 7.99. The number of hydrogen-bond acceptors (Lipinski definition) is 8. The number of hydrogen-bond donors (Lipinski definition) is 1. The molecule has 0 aliphatic carbocycles. The van der Waals surface area contributed by atoms with E-state index in [9.17, 15) is 9.59 Å². The molecule has 0 saturated heterocycles. The number of carbonyl (C=O) groups is 2. The van der Waals surface area contributed by atoms with Gasteiger partial charge in [0.25, 0.3) is 5.91 Å². The van der Waals surface area contributed by atoms with Crippen molar-refractivity contribution in [2.75, 3.05) is 25.2 Å². The highest BCUT2D eigenvalue weighted by Gasteiger charge is 2.19. The van der Waals surface area contributed by atoms with E-state index in [-0.39, 0.29) is 24.2 Å². The second-order valence-corrected chi connectivity index (χ2v) is 9.16. The molecule has 2 amide bonds. The number of amides is 2. The number of rotatable bonds is 9. The van der Waals surface area contributed by atoms with Gasteiger partial charge in [-0.1, -0.05) is 35.2 Å². The van der Waals surface area contributed by atoms with Crippen LogP contribution in [0.5, 0.6) is 5.75 Å². The quantitative estimate of drug-likeness (QED) is 0.474. The van der Waals surface area contributed by atoms with Gasteiger partial charge in [0.05, 0.1) is 11.4 Å². The van der Waals surface area contributed by atoms with Crippen molar-refractivity contribution in [2.24, 2.45) is 0 Å². The van der Waals surface area contributed by atoms with E-state index < -0.39 is 0 Å². The molecule has 1 aromatic carbocycles. The monoisotopic (exact) mass is 474 g/mol. The number of carbonyl (C=O) groups excluding carboxylic acids is 2. The van der Waals surface area contributed by atoms with Gasteiger partial charge in [0, 0.05) is 20.6 Å². The molecule has 0 saturated carbocycles. The summed E-state index contributed by atoms with van der Waals surface area (Å²) in [5.74, 6) is 1.25. The zero-order chi connectivity index (χ0) is 23.3. The number of thioether (sulfide) groups is 1. The Morgan fingerprint density at radius 1 is 1.25 bits per heavy atom. The van der Waals surface area contributed by atoms with Crippen molar-refractivity contribution < 1.29 is 14.3 Å². The predicted molar refractivity (Wildman–Crippen MR) is 125 cm³/mol. The second-order valence-electron chi connectivity index (χ2n) is 7.22. The maximum atomic E-state index is 12.4. The van der Waals surface area contributed by atoms with Gasteiger partial charge < -0.3 is 19.5 Å². The lowest BCUT2D eigenvalue weighted by Crippen LogP contribution is -2.21. The lowest BCUT2D eigenvalue weighted by Gasteiger charge is -2.09. The molecule has 0 unspecified atom stereocenters. The van der Waals surface area contributed by atoms with E-state index in [1.54, 1.807) is 21.0 Å². The third-order valence-electron chi connectivity index (χ3n) is 4.44. The molecule has 2 heterocycles. The Labute approximate surface area is 195 Å². The SMILES string of the molecule is CCn1c(COc2cccc(C)c2)nnc1SCC(=O)Nc1nc(C)c(C(=O)N(C)C)s1. The molecule has 11 heteroatoms. The molecular formula is C21H26N6O3S2. The van der Waals surface area contributed by atoms with Crippen LogP contribution in [0, 0.1) is 13.8 Å². The number of aryl methyl sites for hydroxylation is 2. The lowest BCUT2D eigenvalue weighted by molar-refractivity contribution is -0.113. The molecule has 0 aliphatic rings. The van der Waals surface area contributed by atoms with Gasteiger partial charge in [-0.05, 0) is 38.5 Å². The van der Waals surface area contributed by atoms with Gasteiger partial charge in [-0.25, -0.2) is 4.98 Å². The van der Waals surface area contributed by atoms with Crippen LogP contribution in [0.1, 0.15) is 33.7 Å². The highest BCUT2D eigenvalue weighted by atomic mass is 32.2. The molecule has 3 rings (SSSR count). The van der Waals surface area contributed by atoms with Gasteiger partial charge in [0.15, 0.2) is 16.1 Å². The maximum Gasteiger partial charge on any atom is 0.265 e. The van der Waals surface area contributed by atoms with Crippen molar-refractivity contribution in [2.45, 2.75) is 39.1 Å². The Bertz CT molecular complexity index is 1110. The van der Waals surface area contributed by atoms with Crippen molar-refractivity contribution in [3.8, 4) is 5.75 Å². The summed E-state index contributed by atoms with van der Waals surface area (Å²) in [4.78, 5) is 30.9. The zero-order valence-corrected chi connectivity index (χ0v) is 20.3. The molecule has 170 valence electrons.